The zero-order chi connectivity index (χ0) is 66.6. The van der Waals surface area contributed by atoms with Gasteiger partial charge >= 0.3 is 39.5 Å². The molecule has 0 spiro atoms. The Hall–Kier alpha value is -1.94. The third kappa shape index (κ3) is 63.5. The summed E-state index contributed by atoms with van der Waals surface area (Å²) in [5, 5.41) is 10.6. The number of aliphatic hydroxyl groups excluding tert-OH is 1. The van der Waals surface area contributed by atoms with Crippen LogP contribution in [-0.4, -0.2) is 96.7 Å². The maximum Gasteiger partial charge on any atom is 0.472 e. The normalized spacial score (nSPS) is 14.5. The summed E-state index contributed by atoms with van der Waals surface area (Å²) >= 11 is 0. The number of ether oxygens (including phenoxy) is 4. The van der Waals surface area contributed by atoms with Gasteiger partial charge in [0, 0.05) is 25.7 Å². The topological polar surface area (TPSA) is 237 Å². The molecule has 534 valence electrons. The lowest BCUT2D eigenvalue weighted by atomic mass is 9.99. The van der Waals surface area contributed by atoms with Gasteiger partial charge in [-0.3, -0.25) is 37.3 Å². The maximum absolute atomic E-state index is 13.0. The fourth-order valence-corrected chi connectivity index (χ4v) is 12.3. The molecule has 0 saturated heterocycles. The molecule has 0 aromatic heterocycles. The summed E-state index contributed by atoms with van der Waals surface area (Å²) in [4.78, 5) is 72.5. The molecule has 0 amide bonds. The van der Waals surface area contributed by atoms with Gasteiger partial charge in [0.25, 0.3) is 0 Å². The number of aliphatic hydroxyl groups is 1. The third-order valence-electron chi connectivity index (χ3n) is 16.7. The Balaban J connectivity index is 5.24. The van der Waals surface area contributed by atoms with Crippen molar-refractivity contribution < 1.29 is 80.2 Å². The van der Waals surface area contributed by atoms with Gasteiger partial charge in [-0.15, -0.1) is 0 Å². The number of hydrogen-bond donors (Lipinski definition) is 3. The molecule has 0 aliphatic heterocycles. The quantitative estimate of drug-likeness (QED) is 0.0222. The predicted octanol–water partition coefficient (Wildman–Crippen LogP) is 20.2. The molecule has 3 unspecified atom stereocenters. The molecule has 0 aliphatic carbocycles. The Morgan fingerprint density at radius 3 is 0.844 bits per heavy atom. The molecule has 19 heteroatoms. The predicted molar refractivity (Wildman–Crippen MR) is 363 cm³/mol. The van der Waals surface area contributed by atoms with Crippen LogP contribution < -0.4 is 0 Å². The summed E-state index contributed by atoms with van der Waals surface area (Å²) in [5.41, 5.74) is 0. The fraction of sp³-hybridized carbons (Fsp3) is 0.944. The highest BCUT2D eigenvalue weighted by molar-refractivity contribution is 7.47. The van der Waals surface area contributed by atoms with Crippen LogP contribution in [0.25, 0.3) is 0 Å². The molecule has 0 aliphatic rings. The van der Waals surface area contributed by atoms with Crippen LogP contribution >= 0.6 is 15.6 Å². The van der Waals surface area contributed by atoms with Gasteiger partial charge < -0.3 is 33.8 Å². The van der Waals surface area contributed by atoms with Crippen LogP contribution in [0.4, 0.5) is 0 Å². The molecule has 0 rings (SSSR count). The molecular formula is C71H138O17P2. The monoisotopic (exact) mass is 1320 g/mol. The molecule has 0 aromatic rings. The first kappa shape index (κ1) is 88.1. The second kappa shape index (κ2) is 61.9. The van der Waals surface area contributed by atoms with Crippen LogP contribution in [-0.2, 0) is 65.4 Å². The number of phosphoric ester groups is 2. The molecule has 0 bridgehead atoms. The summed E-state index contributed by atoms with van der Waals surface area (Å²) in [6.45, 7) is 11.8. The minimum atomic E-state index is -4.95. The first-order chi connectivity index (χ1) is 43.3. The van der Waals surface area contributed by atoms with Crippen molar-refractivity contribution in [2.45, 2.75) is 375 Å². The maximum atomic E-state index is 13.0. The van der Waals surface area contributed by atoms with Crippen molar-refractivity contribution in [2.24, 2.45) is 17.8 Å². The molecule has 3 N–H and O–H groups in total. The van der Waals surface area contributed by atoms with Crippen molar-refractivity contribution in [1.29, 1.82) is 0 Å². The van der Waals surface area contributed by atoms with Crippen molar-refractivity contribution in [3.63, 3.8) is 0 Å². The second-order valence-electron chi connectivity index (χ2n) is 26.8. The first-order valence-electron chi connectivity index (χ1n) is 36.9. The number of carbonyl (C=O) groups is 4. The van der Waals surface area contributed by atoms with Crippen molar-refractivity contribution in [1.82, 2.24) is 0 Å². The van der Waals surface area contributed by atoms with Gasteiger partial charge in [-0.2, -0.15) is 0 Å². The van der Waals surface area contributed by atoms with Gasteiger partial charge in [-0.05, 0) is 43.4 Å². The van der Waals surface area contributed by atoms with Crippen molar-refractivity contribution in [2.75, 3.05) is 39.6 Å². The summed E-state index contributed by atoms with van der Waals surface area (Å²) < 4.78 is 68.3. The van der Waals surface area contributed by atoms with Crippen molar-refractivity contribution >= 4 is 39.5 Å². The van der Waals surface area contributed by atoms with Gasteiger partial charge in [0.15, 0.2) is 12.2 Å². The van der Waals surface area contributed by atoms with E-state index in [9.17, 15) is 43.2 Å². The number of esters is 4. The van der Waals surface area contributed by atoms with Gasteiger partial charge in [-0.1, -0.05) is 305 Å². The van der Waals surface area contributed by atoms with E-state index in [0.717, 1.165) is 108 Å². The van der Waals surface area contributed by atoms with Gasteiger partial charge in [0.1, 0.15) is 19.3 Å². The highest BCUT2D eigenvalue weighted by Crippen LogP contribution is 2.45. The lowest BCUT2D eigenvalue weighted by Gasteiger charge is -2.21. The zero-order valence-corrected chi connectivity index (χ0v) is 60.4. The smallest absolute Gasteiger partial charge is 0.462 e. The minimum Gasteiger partial charge on any atom is -0.462 e. The highest BCUT2D eigenvalue weighted by atomic mass is 31.2. The summed E-state index contributed by atoms with van der Waals surface area (Å²) in [6, 6.07) is 0. The van der Waals surface area contributed by atoms with Crippen LogP contribution in [0.2, 0.25) is 0 Å². The molecule has 0 radical (unpaired) electrons. The van der Waals surface area contributed by atoms with Crippen LogP contribution in [0.3, 0.4) is 0 Å². The lowest BCUT2D eigenvalue weighted by molar-refractivity contribution is -0.161. The second-order valence-corrected chi connectivity index (χ2v) is 29.7. The van der Waals surface area contributed by atoms with E-state index >= 15 is 0 Å². The number of rotatable bonds is 69. The Bertz CT molecular complexity index is 1770. The van der Waals surface area contributed by atoms with E-state index in [2.05, 4.69) is 48.5 Å². The lowest BCUT2D eigenvalue weighted by Crippen LogP contribution is -2.30. The summed E-state index contributed by atoms with van der Waals surface area (Å²) in [7, 11) is -9.90. The number of hydrogen-bond acceptors (Lipinski definition) is 15. The SMILES string of the molecule is CCCCCCCCCCCC(=O)OC[C@H](COP(=O)(O)OC[C@H](O)COP(=O)(O)OC[C@@H](COC(=O)CCCCCCCCCCCC(C)C)OC(=O)CCCCCCCCCCCCCCCCC(C)C)OC(=O)CCCCCCCCCCC(C)CC. The van der Waals surface area contributed by atoms with E-state index in [1.54, 1.807) is 0 Å². The Morgan fingerprint density at radius 2 is 0.567 bits per heavy atom. The fourth-order valence-electron chi connectivity index (χ4n) is 10.7. The number of carbonyl (C=O) groups excluding carboxylic acids is 4. The van der Waals surface area contributed by atoms with Crippen LogP contribution in [0.1, 0.15) is 357 Å². The summed E-state index contributed by atoms with van der Waals surface area (Å²) in [5.74, 6) is 0.182. The standard InChI is InChI=1S/C71H138O17P2/c1-8-10-11-12-13-21-31-38-45-52-68(73)81-58-67(88-71(76)55-48-41-34-27-26-30-37-44-51-64(7)9-2)61-86-90(79,80)84-57-65(72)56-83-89(77,78)85-60-66(59-82-69(74)53-46-39-32-25-20-23-29-36-43-50-63(5)6)87-70(75)54-47-40-33-24-19-17-15-14-16-18-22-28-35-42-49-62(3)4/h62-67,72H,8-61H2,1-7H3,(H,77,78)(H,79,80)/t64?,65-,66-,67-/m1/s1. The Morgan fingerprint density at radius 1 is 0.322 bits per heavy atom. The molecule has 17 nitrogen and oxygen atoms in total. The van der Waals surface area contributed by atoms with E-state index in [-0.39, 0.29) is 25.7 Å². The average Bonchev–Trinajstić information content (AvgIpc) is 3.63. The van der Waals surface area contributed by atoms with Crippen molar-refractivity contribution in [3.05, 3.63) is 0 Å². The summed E-state index contributed by atoms with van der Waals surface area (Å²) in [6.07, 6.45) is 45.7. The van der Waals surface area contributed by atoms with E-state index in [1.807, 2.05) is 0 Å². The van der Waals surface area contributed by atoms with E-state index in [4.69, 9.17) is 37.0 Å². The van der Waals surface area contributed by atoms with Gasteiger partial charge in [0.2, 0.25) is 0 Å². The van der Waals surface area contributed by atoms with Gasteiger partial charge in [0.05, 0.1) is 26.4 Å². The molecule has 0 saturated carbocycles. The van der Waals surface area contributed by atoms with Crippen LogP contribution in [0.5, 0.6) is 0 Å². The molecular weight excluding hydrogens is 1190 g/mol. The van der Waals surface area contributed by atoms with Crippen molar-refractivity contribution in [3.8, 4) is 0 Å². The van der Waals surface area contributed by atoms with E-state index in [1.165, 1.54) is 167 Å². The van der Waals surface area contributed by atoms with E-state index in [0.29, 0.717) is 25.7 Å². The molecule has 90 heavy (non-hydrogen) atoms. The first-order valence-corrected chi connectivity index (χ1v) is 39.9. The Kier molecular flexibility index (Phi) is 60.6. The van der Waals surface area contributed by atoms with Crippen LogP contribution in [0, 0.1) is 17.8 Å². The number of unbranched alkanes of at least 4 members (excludes halogenated alkanes) is 36. The number of phosphoric acid groups is 2. The molecule has 0 aromatic carbocycles. The average molecular weight is 1330 g/mol. The minimum absolute atomic E-state index is 0.105. The molecule has 0 fully saturated rings. The van der Waals surface area contributed by atoms with E-state index < -0.39 is 97.5 Å². The van der Waals surface area contributed by atoms with Crippen LogP contribution in [0.15, 0.2) is 0 Å². The largest absolute Gasteiger partial charge is 0.472 e. The highest BCUT2D eigenvalue weighted by Gasteiger charge is 2.30. The molecule has 6 atom stereocenters. The Labute approximate surface area is 549 Å². The molecule has 0 heterocycles. The zero-order valence-electron chi connectivity index (χ0n) is 58.6. The van der Waals surface area contributed by atoms with Gasteiger partial charge in [-0.25, -0.2) is 9.13 Å². The third-order valence-corrected chi connectivity index (χ3v) is 18.6.